The van der Waals surface area contributed by atoms with Crippen molar-refractivity contribution in [3.63, 3.8) is 0 Å². The molecule has 0 aromatic carbocycles. The van der Waals surface area contributed by atoms with E-state index >= 15 is 0 Å². The van der Waals surface area contributed by atoms with Crippen LogP contribution in [0.1, 0.15) is 103 Å². The molecule has 0 bridgehead atoms. The van der Waals surface area contributed by atoms with Crippen LogP contribution in [0.2, 0.25) is 0 Å². The minimum absolute atomic E-state index is 0.0244. The zero-order valence-corrected chi connectivity index (χ0v) is 14.9. The van der Waals surface area contributed by atoms with E-state index < -0.39 is 0 Å². The first-order chi connectivity index (χ1) is 10.8. The second-order valence-electron chi connectivity index (χ2n) is 6.36. The summed E-state index contributed by atoms with van der Waals surface area (Å²) in [5.74, 6) is -0.0244. The summed E-state index contributed by atoms with van der Waals surface area (Å²) in [6, 6.07) is 0. The highest BCUT2D eigenvalue weighted by Crippen LogP contribution is 2.10. The fraction of sp³-hybridized carbons (Fsp3) is 0.947. The number of ether oxygens (including phenoxy) is 1. The lowest BCUT2D eigenvalue weighted by atomic mass is 10.1. The molecule has 0 amide bonds. The van der Waals surface area contributed by atoms with Crippen molar-refractivity contribution in [2.45, 2.75) is 103 Å². The summed E-state index contributed by atoms with van der Waals surface area (Å²) < 4.78 is 5.26. The molecular formula is C19H39NO2. The lowest BCUT2D eigenvalue weighted by Crippen LogP contribution is -2.05. The van der Waals surface area contributed by atoms with Gasteiger partial charge in [0.05, 0.1) is 6.61 Å². The van der Waals surface area contributed by atoms with Crippen molar-refractivity contribution in [2.75, 3.05) is 13.2 Å². The first-order valence-corrected chi connectivity index (χ1v) is 9.67. The largest absolute Gasteiger partial charge is 0.466 e. The Morgan fingerprint density at radius 3 is 1.82 bits per heavy atom. The molecule has 0 radical (unpaired) electrons. The molecule has 0 aliphatic carbocycles. The number of carbonyl (C=O) groups is 1. The minimum atomic E-state index is -0.0244. The maximum atomic E-state index is 11.5. The number of carbonyl (C=O) groups excluding carboxylic acids is 1. The first kappa shape index (κ1) is 21.4. The van der Waals surface area contributed by atoms with Gasteiger partial charge < -0.3 is 10.5 Å². The molecule has 0 fully saturated rings. The lowest BCUT2D eigenvalue weighted by Gasteiger charge is -2.05. The highest BCUT2D eigenvalue weighted by molar-refractivity contribution is 5.69. The molecule has 0 aliphatic rings. The van der Waals surface area contributed by atoms with Crippen LogP contribution in [0.5, 0.6) is 0 Å². The lowest BCUT2D eigenvalue weighted by molar-refractivity contribution is -0.143. The predicted octanol–water partition coefficient (Wildman–Crippen LogP) is 5.36. The molecule has 0 unspecified atom stereocenters. The Labute approximate surface area is 138 Å². The first-order valence-electron chi connectivity index (χ1n) is 9.67. The van der Waals surface area contributed by atoms with E-state index in [1.165, 1.54) is 57.8 Å². The van der Waals surface area contributed by atoms with Crippen molar-refractivity contribution in [3.8, 4) is 0 Å². The van der Waals surface area contributed by atoms with Gasteiger partial charge in [0.2, 0.25) is 0 Å². The molecule has 22 heavy (non-hydrogen) atoms. The zero-order chi connectivity index (χ0) is 16.3. The average molecular weight is 314 g/mol. The second-order valence-corrected chi connectivity index (χ2v) is 6.36. The van der Waals surface area contributed by atoms with Crippen LogP contribution in [0, 0.1) is 0 Å². The van der Waals surface area contributed by atoms with E-state index in [0.29, 0.717) is 13.0 Å². The summed E-state index contributed by atoms with van der Waals surface area (Å²) >= 11 is 0. The molecule has 0 spiro atoms. The second kappa shape index (κ2) is 18.5. The van der Waals surface area contributed by atoms with E-state index in [2.05, 4.69) is 6.92 Å². The molecule has 0 aromatic heterocycles. The number of esters is 1. The van der Waals surface area contributed by atoms with E-state index in [4.69, 9.17) is 10.5 Å². The van der Waals surface area contributed by atoms with Crippen LogP contribution in [0.4, 0.5) is 0 Å². The van der Waals surface area contributed by atoms with Crippen molar-refractivity contribution >= 4 is 5.97 Å². The molecule has 2 N–H and O–H groups in total. The van der Waals surface area contributed by atoms with Gasteiger partial charge in [0.15, 0.2) is 0 Å². The quantitative estimate of drug-likeness (QED) is 0.290. The summed E-state index contributed by atoms with van der Waals surface area (Å²) in [7, 11) is 0. The Morgan fingerprint density at radius 1 is 0.727 bits per heavy atom. The summed E-state index contributed by atoms with van der Waals surface area (Å²) in [6.45, 7) is 3.62. The van der Waals surface area contributed by atoms with Gasteiger partial charge in [-0.25, -0.2) is 0 Å². The van der Waals surface area contributed by atoms with Crippen LogP contribution in [0.25, 0.3) is 0 Å². The normalized spacial score (nSPS) is 10.8. The van der Waals surface area contributed by atoms with Crippen molar-refractivity contribution in [1.82, 2.24) is 0 Å². The van der Waals surface area contributed by atoms with Gasteiger partial charge in [-0.3, -0.25) is 4.79 Å². The average Bonchev–Trinajstić information content (AvgIpc) is 2.52. The van der Waals surface area contributed by atoms with Crippen LogP contribution in [-0.2, 0) is 9.53 Å². The van der Waals surface area contributed by atoms with Gasteiger partial charge in [-0.1, -0.05) is 77.6 Å². The van der Waals surface area contributed by atoms with Crippen LogP contribution >= 0.6 is 0 Å². The molecule has 0 aromatic rings. The summed E-state index contributed by atoms with van der Waals surface area (Å²) in [4.78, 5) is 11.5. The Balaban J connectivity index is 3.10. The van der Waals surface area contributed by atoms with Crippen LogP contribution in [0.15, 0.2) is 0 Å². The Bertz CT molecular complexity index is 231. The summed E-state index contributed by atoms with van der Waals surface area (Å²) in [6.07, 6.45) is 17.9. The van der Waals surface area contributed by atoms with Gasteiger partial charge in [-0.15, -0.1) is 0 Å². The van der Waals surface area contributed by atoms with Gasteiger partial charge in [0.25, 0.3) is 0 Å². The predicted molar refractivity (Wildman–Crippen MR) is 94.9 cm³/mol. The minimum Gasteiger partial charge on any atom is -0.466 e. The number of nitrogens with two attached hydrogens (primary N) is 1. The summed E-state index contributed by atoms with van der Waals surface area (Å²) in [5, 5.41) is 0. The number of unbranched alkanes of at least 4 members (excludes halogenated alkanes) is 12. The SMILES string of the molecule is CCCCCCCCCCCCOC(=O)CCCCCCN. The number of hydrogen-bond donors (Lipinski definition) is 1. The van der Waals surface area contributed by atoms with Crippen molar-refractivity contribution in [2.24, 2.45) is 5.73 Å². The highest BCUT2D eigenvalue weighted by Gasteiger charge is 2.02. The van der Waals surface area contributed by atoms with E-state index in [-0.39, 0.29) is 5.97 Å². The Kier molecular flexibility index (Phi) is 18.0. The van der Waals surface area contributed by atoms with Crippen molar-refractivity contribution < 1.29 is 9.53 Å². The van der Waals surface area contributed by atoms with Gasteiger partial charge in [-0.2, -0.15) is 0 Å². The van der Waals surface area contributed by atoms with E-state index in [9.17, 15) is 4.79 Å². The Morgan fingerprint density at radius 2 is 1.23 bits per heavy atom. The van der Waals surface area contributed by atoms with E-state index in [0.717, 1.165) is 38.6 Å². The van der Waals surface area contributed by atoms with Crippen molar-refractivity contribution in [3.05, 3.63) is 0 Å². The van der Waals surface area contributed by atoms with Gasteiger partial charge in [0, 0.05) is 6.42 Å². The molecule has 0 saturated carbocycles. The van der Waals surface area contributed by atoms with Gasteiger partial charge in [0.1, 0.15) is 0 Å². The fourth-order valence-electron chi connectivity index (χ4n) is 2.61. The molecule has 0 heterocycles. The molecule has 0 atom stereocenters. The molecule has 3 nitrogen and oxygen atoms in total. The van der Waals surface area contributed by atoms with Crippen molar-refractivity contribution in [1.29, 1.82) is 0 Å². The smallest absolute Gasteiger partial charge is 0.305 e. The molecule has 132 valence electrons. The van der Waals surface area contributed by atoms with Gasteiger partial charge >= 0.3 is 5.97 Å². The maximum absolute atomic E-state index is 11.5. The third-order valence-electron chi connectivity index (χ3n) is 4.10. The molecule has 0 rings (SSSR count). The fourth-order valence-corrected chi connectivity index (χ4v) is 2.61. The number of rotatable bonds is 17. The van der Waals surface area contributed by atoms with E-state index in [1.54, 1.807) is 0 Å². The standard InChI is InChI=1S/C19H39NO2/c1-2-3-4-5-6-7-8-9-12-15-18-22-19(21)16-13-10-11-14-17-20/h2-18,20H2,1H3. The molecule has 0 aliphatic heterocycles. The highest BCUT2D eigenvalue weighted by atomic mass is 16.5. The van der Waals surface area contributed by atoms with Gasteiger partial charge in [-0.05, 0) is 25.8 Å². The zero-order valence-electron chi connectivity index (χ0n) is 14.9. The maximum Gasteiger partial charge on any atom is 0.305 e. The van der Waals surface area contributed by atoms with Crippen LogP contribution in [0.3, 0.4) is 0 Å². The monoisotopic (exact) mass is 313 g/mol. The Hall–Kier alpha value is -0.570. The number of hydrogen-bond acceptors (Lipinski definition) is 3. The molecule has 0 saturated heterocycles. The molecular weight excluding hydrogens is 274 g/mol. The third kappa shape index (κ3) is 17.5. The third-order valence-corrected chi connectivity index (χ3v) is 4.10. The molecule has 3 heteroatoms. The topological polar surface area (TPSA) is 52.3 Å². The van der Waals surface area contributed by atoms with Crippen LogP contribution in [-0.4, -0.2) is 19.1 Å². The summed E-state index contributed by atoms with van der Waals surface area (Å²) in [5.41, 5.74) is 5.43. The van der Waals surface area contributed by atoms with E-state index in [1.807, 2.05) is 0 Å². The van der Waals surface area contributed by atoms with Crippen LogP contribution < -0.4 is 5.73 Å².